The van der Waals surface area contributed by atoms with E-state index in [0.29, 0.717) is 5.56 Å². The molecule has 18 heavy (non-hydrogen) atoms. The lowest BCUT2D eigenvalue weighted by atomic mass is 9.94. The molecule has 5 heteroatoms. The van der Waals surface area contributed by atoms with Gasteiger partial charge in [0.1, 0.15) is 0 Å². The van der Waals surface area contributed by atoms with Crippen molar-refractivity contribution in [2.75, 3.05) is 0 Å². The fourth-order valence-corrected chi connectivity index (χ4v) is 2.53. The van der Waals surface area contributed by atoms with E-state index in [1.807, 2.05) is 11.4 Å². The van der Waals surface area contributed by atoms with Gasteiger partial charge in [-0.05, 0) is 23.6 Å². The van der Waals surface area contributed by atoms with Gasteiger partial charge in [-0.3, -0.25) is 14.6 Å². The molecule has 0 aliphatic carbocycles. The number of rotatable bonds is 5. The normalized spacial score (nSPS) is 12.0. The molecule has 1 atom stereocenters. The first-order valence-electron chi connectivity index (χ1n) is 5.38. The lowest BCUT2D eigenvalue weighted by Crippen LogP contribution is -2.16. The minimum absolute atomic E-state index is 0.178. The number of carbonyl (C=O) groups is 2. The molecular weight excluding hydrogens is 250 g/mol. The number of aromatic nitrogens is 1. The average molecular weight is 261 g/mol. The predicted octanol–water partition coefficient (Wildman–Crippen LogP) is 2.58. The van der Waals surface area contributed by atoms with Gasteiger partial charge in [-0.2, -0.15) is 0 Å². The number of carbonyl (C=O) groups excluding carboxylic acids is 1. The maximum Gasteiger partial charge on any atom is 0.304 e. The second-order valence-electron chi connectivity index (χ2n) is 3.77. The summed E-state index contributed by atoms with van der Waals surface area (Å²) in [5, 5.41) is 10.8. The third-order valence-electron chi connectivity index (χ3n) is 2.55. The molecule has 0 radical (unpaired) electrons. The van der Waals surface area contributed by atoms with Crippen molar-refractivity contribution in [3.8, 4) is 0 Å². The molecule has 2 aromatic heterocycles. The molecule has 1 unspecified atom stereocenters. The van der Waals surface area contributed by atoms with Gasteiger partial charge in [0, 0.05) is 22.8 Å². The molecule has 0 aliphatic rings. The van der Waals surface area contributed by atoms with E-state index in [1.54, 1.807) is 18.2 Å². The SMILES string of the molecule is O=C(O)CC(C(=O)c1ccncc1)c1cccs1. The second kappa shape index (κ2) is 5.55. The van der Waals surface area contributed by atoms with Gasteiger partial charge in [0.25, 0.3) is 0 Å². The highest BCUT2D eigenvalue weighted by Crippen LogP contribution is 2.28. The third kappa shape index (κ3) is 2.81. The standard InChI is InChI=1S/C13H11NO3S/c15-12(16)8-10(11-2-1-7-18-11)13(17)9-3-5-14-6-4-9/h1-7,10H,8H2,(H,15,16). The molecule has 0 saturated heterocycles. The van der Waals surface area contributed by atoms with E-state index in [-0.39, 0.29) is 12.2 Å². The summed E-state index contributed by atoms with van der Waals surface area (Å²) >= 11 is 1.40. The van der Waals surface area contributed by atoms with Crippen LogP contribution >= 0.6 is 11.3 Å². The molecule has 0 saturated carbocycles. The van der Waals surface area contributed by atoms with E-state index in [4.69, 9.17) is 5.11 Å². The van der Waals surface area contributed by atoms with E-state index >= 15 is 0 Å². The molecule has 92 valence electrons. The summed E-state index contributed by atoms with van der Waals surface area (Å²) in [5.74, 6) is -1.78. The Balaban J connectivity index is 2.30. The zero-order valence-corrected chi connectivity index (χ0v) is 10.3. The topological polar surface area (TPSA) is 67.3 Å². The van der Waals surface area contributed by atoms with Crippen LogP contribution in [0.2, 0.25) is 0 Å². The molecule has 0 aliphatic heterocycles. The van der Waals surface area contributed by atoms with Crippen LogP contribution in [0.3, 0.4) is 0 Å². The van der Waals surface area contributed by atoms with Gasteiger partial charge < -0.3 is 5.11 Å². The van der Waals surface area contributed by atoms with Crippen LogP contribution in [-0.4, -0.2) is 21.8 Å². The van der Waals surface area contributed by atoms with Gasteiger partial charge in [-0.25, -0.2) is 0 Å². The summed E-state index contributed by atoms with van der Waals surface area (Å²) in [6.07, 6.45) is 2.86. The molecular formula is C13H11NO3S. The number of ketones is 1. The van der Waals surface area contributed by atoms with Crippen molar-refractivity contribution in [1.82, 2.24) is 4.98 Å². The molecule has 0 spiro atoms. The van der Waals surface area contributed by atoms with E-state index in [0.717, 1.165) is 4.88 Å². The number of pyridine rings is 1. The van der Waals surface area contributed by atoms with E-state index < -0.39 is 11.9 Å². The fourth-order valence-electron chi connectivity index (χ4n) is 1.70. The lowest BCUT2D eigenvalue weighted by molar-refractivity contribution is -0.137. The van der Waals surface area contributed by atoms with Crippen molar-refractivity contribution in [3.05, 3.63) is 52.5 Å². The van der Waals surface area contributed by atoms with E-state index in [9.17, 15) is 9.59 Å². The number of nitrogens with zero attached hydrogens (tertiary/aromatic N) is 1. The Bertz CT molecular complexity index is 537. The van der Waals surface area contributed by atoms with Crippen molar-refractivity contribution in [1.29, 1.82) is 0 Å². The van der Waals surface area contributed by atoms with Crippen molar-refractivity contribution >= 4 is 23.1 Å². The fraction of sp³-hybridized carbons (Fsp3) is 0.154. The van der Waals surface area contributed by atoms with Crippen LogP contribution < -0.4 is 0 Å². The van der Waals surface area contributed by atoms with Crippen LogP contribution in [0, 0.1) is 0 Å². The van der Waals surface area contributed by atoms with Crippen LogP contribution in [0.25, 0.3) is 0 Å². The van der Waals surface area contributed by atoms with Crippen LogP contribution in [0.5, 0.6) is 0 Å². The number of carboxylic acids is 1. The number of Topliss-reactive ketones (excluding diaryl/α,β-unsaturated/α-hetero) is 1. The smallest absolute Gasteiger partial charge is 0.304 e. The number of thiophene rings is 1. The Labute approximate surface area is 108 Å². The van der Waals surface area contributed by atoms with Gasteiger partial charge in [0.15, 0.2) is 5.78 Å². The van der Waals surface area contributed by atoms with Crippen molar-refractivity contribution in [3.63, 3.8) is 0 Å². The Morgan fingerprint density at radius 3 is 2.56 bits per heavy atom. The highest BCUT2D eigenvalue weighted by molar-refractivity contribution is 7.10. The molecule has 0 aromatic carbocycles. The Kier molecular flexibility index (Phi) is 3.84. The van der Waals surface area contributed by atoms with Crippen LogP contribution in [0.4, 0.5) is 0 Å². The molecule has 2 rings (SSSR count). The largest absolute Gasteiger partial charge is 0.481 e. The zero-order valence-electron chi connectivity index (χ0n) is 9.45. The first-order valence-corrected chi connectivity index (χ1v) is 6.26. The lowest BCUT2D eigenvalue weighted by Gasteiger charge is -2.11. The summed E-state index contributed by atoms with van der Waals surface area (Å²) in [7, 11) is 0. The van der Waals surface area contributed by atoms with Crippen molar-refractivity contribution < 1.29 is 14.7 Å². The first-order chi connectivity index (χ1) is 8.68. The van der Waals surface area contributed by atoms with Gasteiger partial charge >= 0.3 is 5.97 Å². The predicted molar refractivity (Wildman–Crippen MR) is 67.9 cm³/mol. The Morgan fingerprint density at radius 2 is 2.00 bits per heavy atom. The van der Waals surface area contributed by atoms with Gasteiger partial charge in [-0.1, -0.05) is 6.07 Å². The summed E-state index contributed by atoms with van der Waals surface area (Å²) in [5.41, 5.74) is 0.490. The Morgan fingerprint density at radius 1 is 1.28 bits per heavy atom. The maximum atomic E-state index is 12.3. The minimum Gasteiger partial charge on any atom is -0.481 e. The summed E-state index contributed by atoms with van der Waals surface area (Å²) in [6.45, 7) is 0. The summed E-state index contributed by atoms with van der Waals surface area (Å²) in [6, 6.07) is 6.81. The van der Waals surface area contributed by atoms with E-state index in [2.05, 4.69) is 4.98 Å². The highest BCUT2D eigenvalue weighted by Gasteiger charge is 2.25. The Hall–Kier alpha value is -2.01. The third-order valence-corrected chi connectivity index (χ3v) is 3.53. The number of hydrogen-bond donors (Lipinski definition) is 1. The quantitative estimate of drug-likeness (QED) is 0.840. The van der Waals surface area contributed by atoms with E-state index in [1.165, 1.54) is 23.7 Å². The molecule has 1 N–H and O–H groups in total. The van der Waals surface area contributed by atoms with Crippen molar-refractivity contribution in [2.24, 2.45) is 0 Å². The van der Waals surface area contributed by atoms with Gasteiger partial charge in [0.05, 0.1) is 12.3 Å². The highest BCUT2D eigenvalue weighted by atomic mass is 32.1. The zero-order chi connectivity index (χ0) is 13.0. The monoisotopic (exact) mass is 261 g/mol. The summed E-state index contributed by atoms with van der Waals surface area (Å²) in [4.78, 5) is 27.8. The molecule has 2 aromatic rings. The number of carboxylic acid groups (broad SMARTS) is 1. The number of aliphatic carboxylic acids is 1. The van der Waals surface area contributed by atoms with Gasteiger partial charge in [0.2, 0.25) is 0 Å². The van der Waals surface area contributed by atoms with Crippen LogP contribution in [0.15, 0.2) is 42.0 Å². The summed E-state index contributed by atoms with van der Waals surface area (Å²) < 4.78 is 0. The number of hydrogen-bond acceptors (Lipinski definition) is 4. The van der Waals surface area contributed by atoms with Gasteiger partial charge in [-0.15, -0.1) is 11.3 Å². The minimum atomic E-state index is -0.976. The van der Waals surface area contributed by atoms with Crippen molar-refractivity contribution in [2.45, 2.75) is 12.3 Å². The first kappa shape index (κ1) is 12.4. The van der Waals surface area contributed by atoms with Crippen LogP contribution in [-0.2, 0) is 4.79 Å². The molecule has 0 bridgehead atoms. The average Bonchev–Trinajstić information content (AvgIpc) is 2.89. The van der Waals surface area contributed by atoms with Crippen LogP contribution in [0.1, 0.15) is 27.6 Å². The molecule has 0 amide bonds. The molecule has 4 nitrogen and oxygen atoms in total. The second-order valence-corrected chi connectivity index (χ2v) is 4.75. The molecule has 2 heterocycles. The maximum absolute atomic E-state index is 12.3. The molecule has 0 fully saturated rings.